The first-order valence-corrected chi connectivity index (χ1v) is 6.41. The highest BCUT2D eigenvalue weighted by Gasteiger charge is 2.11. The Labute approximate surface area is 109 Å². The van der Waals surface area contributed by atoms with E-state index in [-0.39, 0.29) is 24.5 Å². The molecular weight excluding hydrogens is 226 g/mol. The second kappa shape index (κ2) is 6.94. The van der Waals surface area contributed by atoms with E-state index < -0.39 is 0 Å². The Hall–Kier alpha value is -1.64. The van der Waals surface area contributed by atoms with Crippen LogP contribution in [0.2, 0.25) is 0 Å². The number of aryl methyl sites for hydroxylation is 2. The number of amides is 1. The minimum absolute atomic E-state index is 0.0409. The van der Waals surface area contributed by atoms with Crippen molar-refractivity contribution in [2.45, 2.75) is 40.0 Å². The van der Waals surface area contributed by atoms with E-state index in [0.717, 1.165) is 23.1 Å². The molecule has 1 aromatic rings. The fourth-order valence-electron chi connectivity index (χ4n) is 1.84. The Morgan fingerprint density at radius 2 is 1.89 bits per heavy atom. The van der Waals surface area contributed by atoms with Gasteiger partial charge in [-0.15, -0.1) is 0 Å². The third-order valence-electron chi connectivity index (χ3n) is 2.83. The molecule has 0 saturated heterocycles. The zero-order valence-corrected chi connectivity index (χ0v) is 11.4. The average molecular weight is 247 g/mol. The van der Waals surface area contributed by atoms with Gasteiger partial charge >= 0.3 is 0 Å². The summed E-state index contributed by atoms with van der Waals surface area (Å²) in [6, 6.07) is 5.76. The van der Waals surface area contributed by atoms with Gasteiger partial charge in [0.2, 0.25) is 5.91 Å². The standard InChI is InChI=1S/C15H21NO2/c1-4-9-16-15(18)8-7-14(17)13-6-5-11(2)10-12(13)3/h5-6,10H,4,7-9H2,1-3H3,(H,16,18). The SMILES string of the molecule is CCCNC(=O)CCC(=O)c1ccc(C)cc1C. The Morgan fingerprint density at radius 1 is 1.17 bits per heavy atom. The summed E-state index contributed by atoms with van der Waals surface area (Å²) in [4.78, 5) is 23.4. The van der Waals surface area contributed by atoms with Gasteiger partial charge in [-0.1, -0.05) is 30.7 Å². The summed E-state index contributed by atoms with van der Waals surface area (Å²) >= 11 is 0. The molecule has 0 radical (unpaired) electrons. The van der Waals surface area contributed by atoms with Gasteiger partial charge in [-0.05, 0) is 25.8 Å². The predicted molar refractivity (Wildman–Crippen MR) is 72.8 cm³/mol. The fourth-order valence-corrected chi connectivity index (χ4v) is 1.84. The molecule has 3 heteroatoms. The lowest BCUT2D eigenvalue weighted by Crippen LogP contribution is -2.24. The molecule has 0 spiro atoms. The van der Waals surface area contributed by atoms with E-state index in [1.165, 1.54) is 0 Å². The van der Waals surface area contributed by atoms with Crippen LogP contribution in [0.15, 0.2) is 18.2 Å². The molecule has 1 rings (SSSR count). The van der Waals surface area contributed by atoms with Crippen molar-refractivity contribution in [2.75, 3.05) is 6.54 Å². The molecule has 0 heterocycles. The molecule has 0 aliphatic heterocycles. The number of hydrogen-bond donors (Lipinski definition) is 1. The highest BCUT2D eigenvalue weighted by Crippen LogP contribution is 2.13. The summed E-state index contributed by atoms with van der Waals surface area (Å²) in [5.74, 6) is -0.00545. The van der Waals surface area contributed by atoms with Crippen molar-refractivity contribution in [3.05, 3.63) is 34.9 Å². The van der Waals surface area contributed by atoms with E-state index in [0.29, 0.717) is 6.54 Å². The van der Waals surface area contributed by atoms with Crippen LogP contribution in [-0.2, 0) is 4.79 Å². The van der Waals surface area contributed by atoms with Crippen LogP contribution in [0.25, 0.3) is 0 Å². The van der Waals surface area contributed by atoms with Crippen molar-refractivity contribution in [2.24, 2.45) is 0 Å². The van der Waals surface area contributed by atoms with Crippen LogP contribution in [0.4, 0.5) is 0 Å². The average Bonchev–Trinajstić information content (AvgIpc) is 2.33. The molecule has 0 aliphatic rings. The molecule has 1 aromatic carbocycles. The Morgan fingerprint density at radius 3 is 2.50 bits per heavy atom. The quantitative estimate of drug-likeness (QED) is 0.786. The molecule has 0 unspecified atom stereocenters. The predicted octanol–water partition coefficient (Wildman–Crippen LogP) is 2.79. The maximum Gasteiger partial charge on any atom is 0.220 e. The molecule has 1 N–H and O–H groups in total. The van der Waals surface area contributed by atoms with Gasteiger partial charge in [-0.3, -0.25) is 9.59 Å². The van der Waals surface area contributed by atoms with Crippen molar-refractivity contribution in [3.63, 3.8) is 0 Å². The molecule has 0 bridgehead atoms. The Balaban J connectivity index is 2.53. The second-order valence-corrected chi connectivity index (χ2v) is 4.59. The zero-order valence-electron chi connectivity index (χ0n) is 11.4. The molecule has 98 valence electrons. The summed E-state index contributed by atoms with van der Waals surface area (Å²) in [5.41, 5.74) is 2.85. The highest BCUT2D eigenvalue weighted by molar-refractivity contribution is 5.99. The molecule has 0 aliphatic carbocycles. The van der Waals surface area contributed by atoms with Crippen molar-refractivity contribution >= 4 is 11.7 Å². The van der Waals surface area contributed by atoms with Crippen molar-refractivity contribution < 1.29 is 9.59 Å². The molecule has 0 saturated carbocycles. The van der Waals surface area contributed by atoms with Crippen molar-refractivity contribution in [3.8, 4) is 0 Å². The van der Waals surface area contributed by atoms with Crippen LogP contribution in [-0.4, -0.2) is 18.2 Å². The van der Waals surface area contributed by atoms with Crippen molar-refractivity contribution in [1.29, 1.82) is 0 Å². The van der Waals surface area contributed by atoms with Gasteiger partial charge in [0.15, 0.2) is 5.78 Å². The van der Waals surface area contributed by atoms with Crippen LogP contribution in [0, 0.1) is 13.8 Å². The second-order valence-electron chi connectivity index (χ2n) is 4.59. The van der Waals surface area contributed by atoms with Crippen molar-refractivity contribution in [1.82, 2.24) is 5.32 Å². The summed E-state index contributed by atoms with van der Waals surface area (Å²) in [6.45, 7) is 6.61. The van der Waals surface area contributed by atoms with Gasteiger partial charge in [0.05, 0.1) is 0 Å². The zero-order chi connectivity index (χ0) is 13.5. The fraction of sp³-hybridized carbons (Fsp3) is 0.467. The number of rotatable bonds is 6. The maximum absolute atomic E-state index is 12.0. The number of carbonyl (C=O) groups is 2. The normalized spacial score (nSPS) is 10.2. The van der Waals surface area contributed by atoms with Gasteiger partial charge in [-0.2, -0.15) is 0 Å². The number of Topliss-reactive ketones (excluding diaryl/α,β-unsaturated/α-hetero) is 1. The lowest BCUT2D eigenvalue weighted by Gasteiger charge is -2.06. The van der Waals surface area contributed by atoms with Gasteiger partial charge in [0.1, 0.15) is 0 Å². The summed E-state index contributed by atoms with van der Waals surface area (Å²) in [7, 11) is 0. The van der Waals surface area contributed by atoms with Crippen LogP contribution in [0.1, 0.15) is 47.7 Å². The van der Waals surface area contributed by atoms with Gasteiger partial charge in [0.25, 0.3) is 0 Å². The van der Waals surface area contributed by atoms with E-state index in [1.807, 2.05) is 39.0 Å². The van der Waals surface area contributed by atoms with E-state index in [4.69, 9.17) is 0 Å². The molecular formula is C15H21NO2. The molecule has 0 fully saturated rings. The first-order valence-electron chi connectivity index (χ1n) is 6.41. The number of carbonyl (C=O) groups excluding carboxylic acids is 2. The van der Waals surface area contributed by atoms with Gasteiger partial charge in [-0.25, -0.2) is 0 Å². The van der Waals surface area contributed by atoms with E-state index >= 15 is 0 Å². The Bertz CT molecular complexity index is 438. The Kier molecular flexibility index (Phi) is 5.56. The van der Waals surface area contributed by atoms with Crippen LogP contribution < -0.4 is 5.32 Å². The largest absolute Gasteiger partial charge is 0.356 e. The lowest BCUT2D eigenvalue weighted by atomic mass is 9.99. The van der Waals surface area contributed by atoms with Crippen LogP contribution in [0.3, 0.4) is 0 Å². The monoisotopic (exact) mass is 247 g/mol. The number of nitrogens with one attached hydrogen (secondary N) is 1. The van der Waals surface area contributed by atoms with Crippen LogP contribution >= 0.6 is 0 Å². The smallest absolute Gasteiger partial charge is 0.220 e. The van der Waals surface area contributed by atoms with E-state index in [9.17, 15) is 9.59 Å². The molecule has 0 atom stereocenters. The van der Waals surface area contributed by atoms with Crippen LogP contribution in [0.5, 0.6) is 0 Å². The number of hydrogen-bond acceptors (Lipinski definition) is 2. The topological polar surface area (TPSA) is 46.2 Å². The molecule has 3 nitrogen and oxygen atoms in total. The highest BCUT2D eigenvalue weighted by atomic mass is 16.2. The molecule has 18 heavy (non-hydrogen) atoms. The minimum atomic E-state index is -0.0463. The minimum Gasteiger partial charge on any atom is -0.356 e. The number of ketones is 1. The summed E-state index contributed by atoms with van der Waals surface area (Å²) in [5, 5.41) is 2.77. The number of benzene rings is 1. The molecule has 0 aromatic heterocycles. The summed E-state index contributed by atoms with van der Waals surface area (Å²) < 4.78 is 0. The first kappa shape index (κ1) is 14.4. The maximum atomic E-state index is 12.0. The van der Waals surface area contributed by atoms with E-state index in [2.05, 4.69) is 5.32 Å². The molecule has 1 amide bonds. The van der Waals surface area contributed by atoms with Gasteiger partial charge < -0.3 is 5.32 Å². The van der Waals surface area contributed by atoms with E-state index in [1.54, 1.807) is 0 Å². The summed E-state index contributed by atoms with van der Waals surface area (Å²) in [6.07, 6.45) is 1.46. The van der Waals surface area contributed by atoms with Gasteiger partial charge in [0, 0.05) is 24.9 Å². The third-order valence-corrected chi connectivity index (χ3v) is 2.83. The third kappa shape index (κ3) is 4.32. The lowest BCUT2D eigenvalue weighted by molar-refractivity contribution is -0.121. The first-order chi connectivity index (χ1) is 8.54.